The van der Waals surface area contributed by atoms with Gasteiger partial charge in [-0.2, -0.15) is 4.39 Å². The van der Waals surface area contributed by atoms with Crippen molar-refractivity contribution in [2.45, 2.75) is 19.3 Å². The molecule has 0 aliphatic carbocycles. The highest BCUT2D eigenvalue weighted by atomic mass is 19.1. The van der Waals surface area contributed by atoms with Gasteiger partial charge in [-0.15, -0.1) is 0 Å². The zero-order chi connectivity index (χ0) is 22.8. The fourth-order valence-corrected chi connectivity index (χ4v) is 4.04. The van der Waals surface area contributed by atoms with Crippen molar-refractivity contribution >= 4 is 29.4 Å². The molecule has 1 aliphatic rings. The Bertz CT molecular complexity index is 1340. The predicted molar refractivity (Wildman–Crippen MR) is 126 cm³/mol. The van der Waals surface area contributed by atoms with Crippen LogP contribution in [0.4, 0.5) is 10.1 Å². The van der Waals surface area contributed by atoms with E-state index in [9.17, 15) is 9.18 Å². The second kappa shape index (κ2) is 8.96. The molecule has 1 aromatic carbocycles. The number of ether oxygens (including phenoxy) is 1. The number of nitrogens with one attached hydrogen (secondary N) is 1. The third-order valence-corrected chi connectivity index (χ3v) is 5.82. The first-order valence-electron chi connectivity index (χ1n) is 10.9. The van der Waals surface area contributed by atoms with Crippen LogP contribution in [-0.4, -0.2) is 33.5 Å². The average Bonchev–Trinajstić information content (AvgIpc) is 3.46. The van der Waals surface area contributed by atoms with Crippen molar-refractivity contribution in [1.29, 1.82) is 0 Å². The minimum absolute atomic E-state index is 0.195. The summed E-state index contributed by atoms with van der Waals surface area (Å²) in [6, 6.07) is 15.6. The first-order chi connectivity index (χ1) is 16.1. The molecule has 0 spiro atoms. The Kier molecular flexibility index (Phi) is 5.71. The van der Waals surface area contributed by atoms with E-state index < -0.39 is 5.95 Å². The van der Waals surface area contributed by atoms with Crippen LogP contribution in [0.5, 0.6) is 0 Å². The standard InChI is InChI=1S/C26H23FN4O2/c1-17-25(20-13-14-33-16-20)30-24-12-11-22(15-31(17)24)29-26(32)19-8-5-18(6-9-19)7-10-21-3-2-4-23(27)28-21/h2-12,15,20H,13-14,16H2,1H3,(H,29,32). The minimum Gasteiger partial charge on any atom is -0.381 e. The third-order valence-electron chi connectivity index (χ3n) is 5.82. The molecule has 0 radical (unpaired) electrons. The van der Waals surface area contributed by atoms with Crippen molar-refractivity contribution < 1.29 is 13.9 Å². The number of imidazole rings is 1. The number of hydrogen-bond donors (Lipinski definition) is 1. The van der Waals surface area contributed by atoms with Crippen LogP contribution in [0.25, 0.3) is 17.8 Å². The Balaban J connectivity index is 1.29. The number of carbonyl (C=O) groups is 1. The normalized spacial score (nSPS) is 16.0. The summed E-state index contributed by atoms with van der Waals surface area (Å²) in [5, 5.41) is 2.96. The van der Waals surface area contributed by atoms with Gasteiger partial charge in [0, 0.05) is 30.0 Å². The molecule has 7 heteroatoms. The highest BCUT2D eigenvalue weighted by Gasteiger charge is 2.23. The number of aryl methyl sites for hydroxylation is 1. The summed E-state index contributed by atoms with van der Waals surface area (Å²) in [5.74, 6) is -0.386. The van der Waals surface area contributed by atoms with Crippen molar-refractivity contribution in [3.8, 4) is 0 Å². The van der Waals surface area contributed by atoms with Crippen LogP contribution in [0.1, 0.15) is 45.3 Å². The number of amides is 1. The van der Waals surface area contributed by atoms with Crippen molar-refractivity contribution in [2.75, 3.05) is 18.5 Å². The lowest BCUT2D eigenvalue weighted by Crippen LogP contribution is -2.12. The fourth-order valence-electron chi connectivity index (χ4n) is 4.04. The van der Waals surface area contributed by atoms with Gasteiger partial charge in [0.1, 0.15) is 5.65 Å². The maximum Gasteiger partial charge on any atom is 0.255 e. The smallest absolute Gasteiger partial charge is 0.255 e. The number of fused-ring (bicyclic) bond motifs is 1. The van der Waals surface area contributed by atoms with Crippen LogP contribution in [0, 0.1) is 12.9 Å². The van der Waals surface area contributed by atoms with E-state index in [2.05, 4.69) is 10.3 Å². The lowest BCUT2D eigenvalue weighted by molar-refractivity contribution is 0.102. The Morgan fingerprint density at radius 1 is 1.12 bits per heavy atom. The Morgan fingerprint density at radius 2 is 1.97 bits per heavy atom. The lowest BCUT2D eigenvalue weighted by Gasteiger charge is -2.07. The third kappa shape index (κ3) is 4.54. The van der Waals surface area contributed by atoms with Crippen LogP contribution in [0.15, 0.2) is 60.8 Å². The van der Waals surface area contributed by atoms with E-state index >= 15 is 0 Å². The second-order valence-corrected chi connectivity index (χ2v) is 8.08. The van der Waals surface area contributed by atoms with Gasteiger partial charge in [-0.3, -0.25) is 4.79 Å². The molecule has 1 N–H and O–H groups in total. The van der Waals surface area contributed by atoms with Crippen LogP contribution < -0.4 is 5.32 Å². The van der Waals surface area contributed by atoms with Gasteiger partial charge in [0.2, 0.25) is 5.95 Å². The molecule has 1 atom stereocenters. The van der Waals surface area contributed by atoms with Gasteiger partial charge in [0.05, 0.1) is 23.7 Å². The molecule has 6 nitrogen and oxygen atoms in total. The van der Waals surface area contributed by atoms with Crippen molar-refractivity contribution in [1.82, 2.24) is 14.4 Å². The van der Waals surface area contributed by atoms with E-state index in [0.717, 1.165) is 35.6 Å². The number of carbonyl (C=O) groups excluding carboxylic acids is 1. The summed E-state index contributed by atoms with van der Waals surface area (Å²) in [4.78, 5) is 21.3. The number of hydrogen-bond acceptors (Lipinski definition) is 4. The summed E-state index contributed by atoms with van der Waals surface area (Å²) in [5.41, 5.74) is 5.65. The van der Waals surface area contributed by atoms with Crippen molar-refractivity contribution in [2.24, 2.45) is 0 Å². The zero-order valence-corrected chi connectivity index (χ0v) is 18.2. The maximum absolute atomic E-state index is 13.2. The summed E-state index contributed by atoms with van der Waals surface area (Å²) < 4.78 is 20.7. The molecule has 1 amide bonds. The quantitative estimate of drug-likeness (QED) is 0.437. The molecule has 4 aromatic rings. The number of rotatable bonds is 5. The summed E-state index contributed by atoms with van der Waals surface area (Å²) in [6.07, 6.45) is 6.44. The molecule has 4 heterocycles. The molecule has 1 aliphatic heterocycles. The van der Waals surface area contributed by atoms with Crippen LogP contribution >= 0.6 is 0 Å². The van der Waals surface area contributed by atoms with Crippen molar-refractivity contribution in [3.63, 3.8) is 0 Å². The minimum atomic E-state index is -0.517. The van der Waals surface area contributed by atoms with Gasteiger partial charge in [-0.25, -0.2) is 9.97 Å². The number of benzene rings is 1. The molecular weight excluding hydrogens is 419 g/mol. The Labute approximate surface area is 190 Å². The molecule has 1 fully saturated rings. The zero-order valence-electron chi connectivity index (χ0n) is 18.2. The predicted octanol–water partition coefficient (Wildman–Crippen LogP) is 5.10. The molecule has 1 unspecified atom stereocenters. The van der Waals surface area contributed by atoms with Crippen molar-refractivity contribution in [3.05, 3.63) is 95.0 Å². The number of nitrogens with zero attached hydrogens (tertiary/aromatic N) is 3. The van der Waals surface area contributed by atoms with Crippen LogP contribution in [0.2, 0.25) is 0 Å². The van der Waals surface area contributed by atoms with Gasteiger partial charge in [0.25, 0.3) is 5.91 Å². The first kappa shape index (κ1) is 21.0. The molecule has 5 rings (SSSR count). The van der Waals surface area contributed by atoms with Gasteiger partial charge in [-0.05, 0) is 61.4 Å². The van der Waals surface area contributed by atoms with Gasteiger partial charge >= 0.3 is 0 Å². The van der Waals surface area contributed by atoms with Gasteiger partial charge < -0.3 is 14.5 Å². The summed E-state index contributed by atoms with van der Waals surface area (Å²) in [7, 11) is 0. The van der Waals surface area contributed by atoms with E-state index in [1.54, 1.807) is 30.3 Å². The highest BCUT2D eigenvalue weighted by molar-refractivity contribution is 6.04. The largest absolute Gasteiger partial charge is 0.381 e. The van der Waals surface area contributed by atoms with Gasteiger partial charge in [-0.1, -0.05) is 24.3 Å². The highest BCUT2D eigenvalue weighted by Crippen LogP contribution is 2.28. The van der Waals surface area contributed by atoms with E-state index in [1.165, 1.54) is 6.07 Å². The van der Waals surface area contributed by atoms with E-state index in [-0.39, 0.29) is 5.91 Å². The summed E-state index contributed by atoms with van der Waals surface area (Å²) >= 11 is 0. The Hall–Kier alpha value is -3.84. The van der Waals surface area contributed by atoms with E-state index in [1.807, 2.05) is 47.9 Å². The fraction of sp³-hybridized carbons (Fsp3) is 0.192. The van der Waals surface area contributed by atoms with Gasteiger partial charge in [0.15, 0.2) is 0 Å². The average molecular weight is 442 g/mol. The molecule has 0 saturated carbocycles. The SMILES string of the molecule is Cc1c(C2CCOC2)nc2ccc(NC(=O)c3ccc(C=Cc4cccc(F)n4)cc3)cn12. The lowest BCUT2D eigenvalue weighted by atomic mass is 10.0. The Morgan fingerprint density at radius 3 is 2.73 bits per heavy atom. The first-order valence-corrected chi connectivity index (χ1v) is 10.9. The maximum atomic E-state index is 13.2. The number of aromatic nitrogens is 3. The van der Waals surface area contributed by atoms with E-state index in [0.29, 0.717) is 29.5 Å². The topological polar surface area (TPSA) is 68.5 Å². The summed E-state index contributed by atoms with van der Waals surface area (Å²) in [6.45, 7) is 3.53. The van der Waals surface area contributed by atoms with Crippen LogP contribution in [-0.2, 0) is 4.74 Å². The number of pyridine rings is 2. The molecule has 166 valence electrons. The monoisotopic (exact) mass is 442 g/mol. The molecule has 0 bridgehead atoms. The molecular formula is C26H23FN4O2. The molecule has 3 aromatic heterocycles. The number of halogens is 1. The molecule has 1 saturated heterocycles. The second-order valence-electron chi connectivity index (χ2n) is 8.08. The molecule has 33 heavy (non-hydrogen) atoms. The number of anilines is 1. The van der Waals surface area contributed by atoms with Crippen LogP contribution in [0.3, 0.4) is 0 Å². The van der Waals surface area contributed by atoms with E-state index in [4.69, 9.17) is 9.72 Å².